The normalized spacial score (nSPS) is 15.1. The van der Waals surface area contributed by atoms with Crippen LogP contribution in [0.15, 0.2) is 46.7 Å². The zero-order valence-corrected chi connectivity index (χ0v) is 20.6. The fourth-order valence-corrected chi connectivity index (χ4v) is 6.34. The lowest BCUT2D eigenvalue weighted by atomic mass is 10.2. The molecule has 1 aromatic heterocycles. The van der Waals surface area contributed by atoms with Crippen molar-refractivity contribution in [3.8, 4) is 22.8 Å². The first-order valence-corrected chi connectivity index (χ1v) is 12.8. The Hall–Kier alpha value is -2.04. The lowest BCUT2D eigenvalue weighted by molar-refractivity contribution is 0.353. The Morgan fingerprint density at radius 3 is 2.22 bits per heavy atom. The molecule has 0 saturated carbocycles. The minimum atomic E-state index is -3.65. The Balaban J connectivity index is 1.47. The summed E-state index contributed by atoms with van der Waals surface area (Å²) in [5.41, 5.74) is 1.63. The molecule has 2 heterocycles. The lowest BCUT2D eigenvalue weighted by Gasteiger charge is -2.33. The molecule has 0 bridgehead atoms. The van der Waals surface area contributed by atoms with E-state index in [0.29, 0.717) is 47.7 Å². The number of halogens is 2. The number of methoxy groups -OCH3 is 2. The summed E-state index contributed by atoms with van der Waals surface area (Å²) < 4.78 is 38.2. The van der Waals surface area contributed by atoms with Gasteiger partial charge in [0, 0.05) is 53.2 Å². The molecule has 1 aliphatic rings. The quantitative estimate of drug-likeness (QED) is 0.477. The standard InChI is InChI=1S/C21H21Cl2N3O4S2/c1-29-19-4-3-17(12-20(19)30-2)32(27,28)26-7-5-25(6-8-26)21-24-18(13-31-21)14-9-15(22)11-16(23)10-14/h3-4,9-13H,5-8H2,1-2H3. The second-order valence-corrected chi connectivity index (χ2v) is 10.7. The SMILES string of the molecule is COc1ccc(S(=O)(=O)N2CCN(c3nc(-c4cc(Cl)cc(Cl)c4)cs3)CC2)cc1OC. The molecule has 32 heavy (non-hydrogen) atoms. The van der Waals surface area contributed by atoms with Crippen LogP contribution >= 0.6 is 34.5 Å². The average Bonchev–Trinajstić information content (AvgIpc) is 3.28. The van der Waals surface area contributed by atoms with E-state index in [1.807, 2.05) is 17.5 Å². The van der Waals surface area contributed by atoms with Crippen molar-refractivity contribution < 1.29 is 17.9 Å². The van der Waals surface area contributed by atoms with Crippen LogP contribution in [-0.2, 0) is 10.0 Å². The van der Waals surface area contributed by atoms with Crippen LogP contribution in [-0.4, -0.2) is 58.1 Å². The van der Waals surface area contributed by atoms with Crippen LogP contribution in [0.3, 0.4) is 0 Å². The topological polar surface area (TPSA) is 72.0 Å². The number of aromatic nitrogens is 1. The van der Waals surface area contributed by atoms with Crippen LogP contribution in [0.25, 0.3) is 11.3 Å². The molecule has 0 radical (unpaired) electrons. The first-order valence-electron chi connectivity index (χ1n) is 9.71. The molecule has 1 saturated heterocycles. The second kappa shape index (κ2) is 9.44. The molecule has 11 heteroatoms. The van der Waals surface area contributed by atoms with Crippen molar-refractivity contribution >= 4 is 49.7 Å². The Morgan fingerprint density at radius 1 is 0.938 bits per heavy atom. The summed E-state index contributed by atoms with van der Waals surface area (Å²) in [6.45, 7) is 1.79. The van der Waals surface area contributed by atoms with Crippen LogP contribution in [0.4, 0.5) is 5.13 Å². The number of hydrogen-bond acceptors (Lipinski definition) is 7. The summed E-state index contributed by atoms with van der Waals surface area (Å²) in [6.07, 6.45) is 0. The Kier molecular flexibility index (Phi) is 6.83. The first kappa shape index (κ1) is 23.1. The molecule has 3 aromatic rings. The van der Waals surface area contributed by atoms with Crippen molar-refractivity contribution in [2.75, 3.05) is 45.3 Å². The molecule has 0 unspecified atom stereocenters. The largest absolute Gasteiger partial charge is 0.493 e. The van der Waals surface area contributed by atoms with Gasteiger partial charge in [-0.3, -0.25) is 0 Å². The lowest BCUT2D eigenvalue weighted by Crippen LogP contribution is -2.48. The van der Waals surface area contributed by atoms with Gasteiger partial charge in [-0.05, 0) is 30.3 Å². The van der Waals surface area contributed by atoms with Gasteiger partial charge in [0.05, 0.1) is 24.8 Å². The van der Waals surface area contributed by atoms with E-state index in [1.165, 1.54) is 42.0 Å². The second-order valence-electron chi connectivity index (χ2n) is 7.08. The van der Waals surface area contributed by atoms with E-state index in [2.05, 4.69) is 4.90 Å². The summed E-state index contributed by atoms with van der Waals surface area (Å²) in [6, 6.07) is 9.94. The molecule has 0 amide bonds. The van der Waals surface area contributed by atoms with Crippen molar-refractivity contribution in [2.24, 2.45) is 0 Å². The number of thiazole rings is 1. The van der Waals surface area contributed by atoms with Crippen LogP contribution in [0.2, 0.25) is 10.0 Å². The number of hydrogen-bond donors (Lipinski definition) is 0. The van der Waals surface area contributed by atoms with E-state index in [1.54, 1.807) is 12.1 Å². The van der Waals surface area contributed by atoms with Gasteiger partial charge in [0.1, 0.15) is 0 Å². The third-order valence-corrected chi connectivity index (χ3v) is 8.38. The highest BCUT2D eigenvalue weighted by molar-refractivity contribution is 7.89. The Labute approximate surface area is 201 Å². The van der Waals surface area contributed by atoms with Crippen molar-refractivity contribution in [1.82, 2.24) is 9.29 Å². The third-order valence-electron chi connectivity index (χ3n) is 5.15. The van der Waals surface area contributed by atoms with E-state index in [4.69, 9.17) is 37.7 Å². The zero-order chi connectivity index (χ0) is 22.9. The van der Waals surface area contributed by atoms with Gasteiger partial charge in [0.15, 0.2) is 16.6 Å². The van der Waals surface area contributed by atoms with Crippen LogP contribution in [0.5, 0.6) is 11.5 Å². The summed E-state index contributed by atoms with van der Waals surface area (Å²) in [5, 5.41) is 3.88. The number of benzene rings is 2. The van der Waals surface area contributed by atoms with E-state index in [9.17, 15) is 8.42 Å². The minimum absolute atomic E-state index is 0.179. The van der Waals surface area contributed by atoms with E-state index >= 15 is 0 Å². The van der Waals surface area contributed by atoms with Crippen molar-refractivity contribution in [3.63, 3.8) is 0 Å². The van der Waals surface area contributed by atoms with E-state index in [-0.39, 0.29) is 4.90 Å². The highest BCUT2D eigenvalue weighted by atomic mass is 35.5. The summed E-state index contributed by atoms with van der Waals surface area (Å²) in [4.78, 5) is 6.97. The molecule has 1 fully saturated rings. The monoisotopic (exact) mass is 513 g/mol. The molecule has 170 valence electrons. The molecule has 7 nitrogen and oxygen atoms in total. The number of sulfonamides is 1. The van der Waals surface area contributed by atoms with Gasteiger partial charge >= 0.3 is 0 Å². The fraction of sp³-hybridized carbons (Fsp3) is 0.286. The number of nitrogens with zero attached hydrogens (tertiary/aromatic N) is 3. The molecule has 2 aromatic carbocycles. The molecule has 1 aliphatic heterocycles. The minimum Gasteiger partial charge on any atom is -0.493 e. The van der Waals surface area contributed by atoms with Gasteiger partial charge in [0.2, 0.25) is 10.0 Å². The predicted octanol–water partition coefficient (Wildman–Crippen LogP) is 4.65. The van der Waals surface area contributed by atoms with Gasteiger partial charge < -0.3 is 14.4 Å². The maximum atomic E-state index is 13.1. The predicted molar refractivity (Wildman–Crippen MR) is 128 cm³/mol. The average molecular weight is 514 g/mol. The van der Waals surface area contributed by atoms with E-state index in [0.717, 1.165) is 16.4 Å². The number of ether oxygens (including phenoxy) is 2. The smallest absolute Gasteiger partial charge is 0.243 e. The molecule has 0 N–H and O–H groups in total. The number of anilines is 1. The van der Waals surface area contributed by atoms with Crippen molar-refractivity contribution in [3.05, 3.63) is 51.8 Å². The Morgan fingerprint density at radius 2 is 1.59 bits per heavy atom. The van der Waals surface area contributed by atoms with Crippen molar-refractivity contribution in [1.29, 1.82) is 0 Å². The summed E-state index contributed by atoms with van der Waals surface area (Å²) in [7, 11) is -0.659. The highest BCUT2D eigenvalue weighted by Gasteiger charge is 2.30. The zero-order valence-electron chi connectivity index (χ0n) is 17.4. The van der Waals surface area contributed by atoms with Gasteiger partial charge in [-0.2, -0.15) is 4.31 Å². The number of rotatable bonds is 6. The molecule has 0 spiro atoms. The van der Waals surface area contributed by atoms with Crippen LogP contribution in [0.1, 0.15) is 0 Å². The maximum absolute atomic E-state index is 13.1. The highest BCUT2D eigenvalue weighted by Crippen LogP contribution is 2.33. The molecular weight excluding hydrogens is 493 g/mol. The molecular formula is C21H21Cl2N3O4S2. The van der Waals surface area contributed by atoms with Gasteiger partial charge in [-0.25, -0.2) is 13.4 Å². The molecule has 4 rings (SSSR count). The number of piperazine rings is 1. The maximum Gasteiger partial charge on any atom is 0.243 e. The van der Waals surface area contributed by atoms with Crippen LogP contribution in [0, 0.1) is 0 Å². The van der Waals surface area contributed by atoms with E-state index < -0.39 is 10.0 Å². The molecule has 0 aliphatic carbocycles. The van der Waals surface area contributed by atoms with Gasteiger partial charge in [0.25, 0.3) is 0 Å². The summed E-state index contributed by atoms with van der Waals surface area (Å²) >= 11 is 13.7. The molecule has 0 atom stereocenters. The summed E-state index contributed by atoms with van der Waals surface area (Å²) in [5.74, 6) is 0.862. The van der Waals surface area contributed by atoms with Gasteiger partial charge in [-0.15, -0.1) is 11.3 Å². The fourth-order valence-electron chi connectivity index (χ4n) is 3.49. The third kappa shape index (κ3) is 4.67. The Bertz CT molecular complexity index is 1210. The first-order chi connectivity index (χ1) is 15.3. The van der Waals surface area contributed by atoms with Crippen LogP contribution < -0.4 is 14.4 Å². The van der Waals surface area contributed by atoms with Gasteiger partial charge in [-0.1, -0.05) is 23.2 Å². The van der Waals surface area contributed by atoms with Crippen molar-refractivity contribution in [2.45, 2.75) is 4.90 Å².